The molecule has 1 aliphatic carbocycles. The summed E-state index contributed by atoms with van der Waals surface area (Å²) in [7, 11) is 0. The lowest BCUT2D eigenvalue weighted by atomic mass is 9.86. The first kappa shape index (κ1) is 9.95. The summed E-state index contributed by atoms with van der Waals surface area (Å²) < 4.78 is 0. The predicted molar refractivity (Wildman–Crippen MR) is 70.3 cm³/mol. The molecule has 0 radical (unpaired) electrons. The first-order valence-corrected chi connectivity index (χ1v) is 7.01. The van der Waals surface area contributed by atoms with Crippen LogP contribution in [0.5, 0.6) is 0 Å². The minimum absolute atomic E-state index is 0.837. The van der Waals surface area contributed by atoms with Gasteiger partial charge in [0.05, 0.1) is 0 Å². The van der Waals surface area contributed by atoms with Gasteiger partial charge >= 0.3 is 0 Å². The van der Waals surface area contributed by atoms with Gasteiger partial charge in [0.25, 0.3) is 0 Å². The van der Waals surface area contributed by atoms with Crippen LogP contribution in [0.15, 0.2) is 18.2 Å². The zero-order valence-electron chi connectivity index (χ0n) is 10.3. The molecule has 0 unspecified atom stereocenters. The number of nitrogens with zero attached hydrogens (tertiary/aromatic N) is 1. The summed E-state index contributed by atoms with van der Waals surface area (Å²) in [6.45, 7) is 3.39. The van der Waals surface area contributed by atoms with E-state index in [9.17, 15) is 0 Å². The average Bonchev–Trinajstić information content (AvgIpc) is 2.70. The Morgan fingerprint density at radius 1 is 1.18 bits per heavy atom. The summed E-state index contributed by atoms with van der Waals surface area (Å²) >= 11 is 0. The second kappa shape index (κ2) is 3.74. The van der Waals surface area contributed by atoms with Gasteiger partial charge in [-0.1, -0.05) is 24.6 Å². The van der Waals surface area contributed by atoms with Crippen molar-refractivity contribution in [2.24, 2.45) is 5.92 Å². The van der Waals surface area contributed by atoms with Crippen molar-refractivity contribution in [3.63, 3.8) is 0 Å². The summed E-state index contributed by atoms with van der Waals surface area (Å²) in [6.07, 6.45) is 5.61. The smallest absolute Gasteiger partial charge is 0.0447 e. The van der Waals surface area contributed by atoms with Gasteiger partial charge in [-0.2, -0.15) is 0 Å². The van der Waals surface area contributed by atoms with E-state index in [4.69, 9.17) is 0 Å². The Bertz CT molecular complexity index is 441. The molecule has 90 valence electrons. The molecule has 0 aromatic heterocycles. The van der Waals surface area contributed by atoms with Crippen molar-refractivity contribution >= 4 is 5.69 Å². The van der Waals surface area contributed by atoms with Gasteiger partial charge in [0.1, 0.15) is 0 Å². The zero-order chi connectivity index (χ0) is 11.2. The molecular formula is C15H20N2. The monoisotopic (exact) mass is 228 g/mol. The SMILES string of the molecule is c1cc2c3c(c1)C[C@H]1CCC[C@H]1N3CCNC2. The molecule has 1 aromatic rings. The highest BCUT2D eigenvalue weighted by Gasteiger charge is 2.38. The third-order valence-electron chi connectivity index (χ3n) is 4.84. The van der Waals surface area contributed by atoms with Crippen molar-refractivity contribution in [1.29, 1.82) is 0 Å². The predicted octanol–water partition coefficient (Wildman–Crippen LogP) is 2.32. The topological polar surface area (TPSA) is 15.3 Å². The highest BCUT2D eigenvalue weighted by Crippen LogP contribution is 2.43. The van der Waals surface area contributed by atoms with E-state index >= 15 is 0 Å². The molecule has 0 amide bonds. The quantitative estimate of drug-likeness (QED) is 0.733. The molecule has 2 heterocycles. The molecule has 0 spiro atoms. The molecule has 2 heteroatoms. The normalized spacial score (nSPS) is 30.7. The fraction of sp³-hybridized carbons (Fsp3) is 0.600. The third kappa shape index (κ3) is 1.43. The number of anilines is 1. The van der Waals surface area contributed by atoms with Crippen molar-refractivity contribution in [2.45, 2.75) is 38.3 Å². The number of fused-ring (bicyclic) bond motifs is 2. The molecule has 0 bridgehead atoms. The van der Waals surface area contributed by atoms with E-state index in [1.165, 1.54) is 37.8 Å². The van der Waals surface area contributed by atoms with Gasteiger partial charge in [-0.15, -0.1) is 0 Å². The van der Waals surface area contributed by atoms with E-state index in [0.717, 1.165) is 25.0 Å². The number of nitrogens with one attached hydrogen (secondary N) is 1. The van der Waals surface area contributed by atoms with E-state index in [1.54, 1.807) is 11.3 Å². The fourth-order valence-electron chi connectivity index (χ4n) is 4.13. The fourth-order valence-corrected chi connectivity index (χ4v) is 4.13. The maximum absolute atomic E-state index is 3.56. The van der Waals surface area contributed by atoms with Gasteiger partial charge in [-0.3, -0.25) is 0 Å². The van der Waals surface area contributed by atoms with Crippen LogP contribution < -0.4 is 10.2 Å². The molecular weight excluding hydrogens is 208 g/mol. The summed E-state index contributed by atoms with van der Waals surface area (Å²) in [4.78, 5) is 2.73. The van der Waals surface area contributed by atoms with Gasteiger partial charge in [0.15, 0.2) is 0 Å². The average molecular weight is 228 g/mol. The van der Waals surface area contributed by atoms with Crippen molar-refractivity contribution in [3.8, 4) is 0 Å². The maximum atomic E-state index is 3.56. The Kier molecular flexibility index (Phi) is 2.19. The Morgan fingerprint density at radius 3 is 3.12 bits per heavy atom. The Hall–Kier alpha value is -1.02. The molecule has 2 nitrogen and oxygen atoms in total. The first-order valence-electron chi connectivity index (χ1n) is 7.01. The third-order valence-corrected chi connectivity index (χ3v) is 4.84. The van der Waals surface area contributed by atoms with Crippen LogP contribution in [0.1, 0.15) is 30.4 Å². The summed E-state index contributed by atoms with van der Waals surface area (Å²) in [5.74, 6) is 0.927. The van der Waals surface area contributed by atoms with Crippen LogP contribution in [0.2, 0.25) is 0 Å². The zero-order valence-corrected chi connectivity index (χ0v) is 10.3. The Morgan fingerprint density at radius 2 is 2.12 bits per heavy atom. The van der Waals surface area contributed by atoms with E-state index in [0.29, 0.717) is 0 Å². The van der Waals surface area contributed by atoms with Gasteiger partial charge in [0.2, 0.25) is 0 Å². The van der Waals surface area contributed by atoms with Crippen LogP contribution in [0.4, 0.5) is 5.69 Å². The lowest BCUT2D eigenvalue weighted by molar-refractivity contribution is 0.426. The Labute approximate surface area is 103 Å². The molecule has 1 fully saturated rings. The number of para-hydroxylation sites is 1. The molecule has 1 N–H and O–H groups in total. The maximum Gasteiger partial charge on any atom is 0.0447 e. The van der Waals surface area contributed by atoms with Gasteiger partial charge < -0.3 is 10.2 Å². The molecule has 0 saturated heterocycles. The van der Waals surface area contributed by atoms with Crippen molar-refractivity contribution < 1.29 is 0 Å². The number of hydrogen-bond acceptors (Lipinski definition) is 2. The molecule has 17 heavy (non-hydrogen) atoms. The van der Waals surface area contributed by atoms with Gasteiger partial charge in [-0.25, -0.2) is 0 Å². The van der Waals surface area contributed by atoms with Crippen molar-refractivity contribution in [1.82, 2.24) is 5.32 Å². The van der Waals surface area contributed by atoms with Crippen LogP contribution in [0.3, 0.4) is 0 Å². The minimum atomic E-state index is 0.837. The number of benzene rings is 1. The van der Waals surface area contributed by atoms with Crippen molar-refractivity contribution in [3.05, 3.63) is 29.3 Å². The van der Waals surface area contributed by atoms with Crippen LogP contribution in [-0.2, 0) is 13.0 Å². The highest BCUT2D eigenvalue weighted by atomic mass is 15.2. The van der Waals surface area contributed by atoms with E-state index in [1.807, 2.05) is 0 Å². The van der Waals surface area contributed by atoms with Gasteiger partial charge in [0, 0.05) is 31.4 Å². The van der Waals surface area contributed by atoms with E-state index < -0.39 is 0 Å². The molecule has 1 saturated carbocycles. The van der Waals surface area contributed by atoms with Gasteiger partial charge in [-0.05, 0) is 36.3 Å². The van der Waals surface area contributed by atoms with E-state index in [-0.39, 0.29) is 0 Å². The summed E-state index contributed by atoms with van der Waals surface area (Å²) in [5.41, 5.74) is 4.71. The van der Waals surface area contributed by atoms with Crippen LogP contribution in [-0.4, -0.2) is 19.1 Å². The molecule has 1 aromatic carbocycles. The van der Waals surface area contributed by atoms with Crippen LogP contribution >= 0.6 is 0 Å². The summed E-state index contributed by atoms with van der Waals surface area (Å²) in [6, 6.07) is 7.74. The first-order chi connectivity index (χ1) is 8.43. The molecule has 2 aliphatic heterocycles. The van der Waals surface area contributed by atoms with E-state index in [2.05, 4.69) is 28.4 Å². The van der Waals surface area contributed by atoms with Crippen LogP contribution in [0, 0.1) is 5.92 Å². The largest absolute Gasteiger partial charge is 0.366 e. The molecule has 2 atom stereocenters. The highest BCUT2D eigenvalue weighted by molar-refractivity contribution is 5.63. The van der Waals surface area contributed by atoms with Crippen LogP contribution in [0.25, 0.3) is 0 Å². The number of rotatable bonds is 0. The van der Waals surface area contributed by atoms with Crippen molar-refractivity contribution in [2.75, 3.05) is 18.0 Å². The number of hydrogen-bond donors (Lipinski definition) is 1. The minimum Gasteiger partial charge on any atom is -0.366 e. The summed E-state index contributed by atoms with van der Waals surface area (Å²) in [5, 5.41) is 3.56. The second-order valence-electron chi connectivity index (χ2n) is 5.76. The molecule has 4 rings (SSSR count). The molecule has 3 aliphatic rings. The standard InChI is InChI=1S/C15H20N2/c1-4-12-9-11-3-2-6-14(11)17-8-7-16-10-13(5-1)15(12)17/h1,4-5,11,14,16H,2-3,6-10H2/t11-,14-/m1/s1. The lowest BCUT2D eigenvalue weighted by Gasteiger charge is -2.41. The second-order valence-corrected chi connectivity index (χ2v) is 5.76. The lowest BCUT2D eigenvalue weighted by Crippen LogP contribution is -2.44. The Balaban J connectivity index is 1.86.